The molecule has 0 spiro atoms. The van der Waals surface area contributed by atoms with Gasteiger partial charge in [0.15, 0.2) is 11.5 Å². The highest BCUT2D eigenvalue weighted by atomic mass is 16.3. The smallest absolute Gasteiger partial charge is 0.262 e. The predicted octanol–water partition coefficient (Wildman–Crippen LogP) is 2.27. The zero-order valence-electron chi connectivity index (χ0n) is 12.7. The van der Waals surface area contributed by atoms with E-state index in [1.165, 1.54) is 18.2 Å². The Bertz CT molecular complexity index is 821. The first-order valence-corrected chi connectivity index (χ1v) is 7.07. The van der Waals surface area contributed by atoms with Crippen molar-refractivity contribution >= 4 is 12.0 Å². The Kier molecular flexibility index (Phi) is 5.70. The summed E-state index contributed by atoms with van der Waals surface area (Å²) in [5.41, 5.74) is 1.41. The second kappa shape index (κ2) is 8.15. The number of hydrogen-bond donors (Lipinski definition) is 3. The third-order valence-corrected chi connectivity index (χ3v) is 3.09. The summed E-state index contributed by atoms with van der Waals surface area (Å²) in [7, 11) is 0. The Labute approximate surface area is 139 Å². The zero-order chi connectivity index (χ0) is 17.4. The van der Waals surface area contributed by atoms with Crippen molar-refractivity contribution in [3.63, 3.8) is 0 Å². The second-order valence-electron chi connectivity index (χ2n) is 4.84. The standard InChI is InChI=1S/C18H15N3O3/c19-10-15(5-1-3-13-4-2-8-20-11-13)18(24)21-12-14-6-7-16(22)17(23)9-14/h1-9,11,22-23H,12H2,(H,21,24)/b3-1+,15-5+. The van der Waals surface area contributed by atoms with E-state index in [1.54, 1.807) is 36.7 Å². The Balaban J connectivity index is 1.98. The van der Waals surface area contributed by atoms with E-state index in [0.29, 0.717) is 5.56 Å². The van der Waals surface area contributed by atoms with Gasteiger partial charge in [-0.25, -0.2) is 0 Å². The second-order valence-corrected chi connectivity index (χ2v) is 4.84. The fourth-order valence-electron chi connectivity index (χ4n) is 1.85. The van der Waals surface area contributed by atoms with Crippen LogP contribution in [0, 0.1) is 11.3 Å². The summed E-state index contributed by atoms with van der Waals surface area (Å²) in [5.74, 6) is -1.03. The van der Waals surface area contributed by atoms with Gasteiger partial charge in [-0.15, -0.1) is 0 Å². The fourth-order valence-corrected chi connectivity index (χ4v) is 1.85. The monoisotopic (exact) mass is 321 g/mol. The lowest BCUT2D eigenvalue weighted by Gasteiger charge is -2.05. The molecule has 0 bridgehead atoms. The minimum atomic E-state index is -0.527. The lowest BCUT2D eigenvalue weighted by Crippen LogP contribution is -2.23. The van der Waals surface area contributed by atoms with E-state index in [0.717, 1.165) is 5.56 Å². The van der Waals surface area contributed by atoms with Crippen LogP contribution >= 0.6 is 0 Å². The number of phenolic OH excluding ortho intramolecular Hbond substituents is 2. The van der Waals surface area contributed by atoms with Crippen LogP contribution in [0.1, 0.15) is 11.1 Å². The van der Waals surface area contributed by atoms with Crippen LogP contribution in [0.5, 0.6) is 11.5 Å². The number of allylic oxidation sites excluding steroid dienone is 2. The SMILES string of the molecule is N#C/C(=C\C=C\c1cccnc1)C(=O)NCc1ccc(O)c(O)c1. The summed E-state index contributed by atoms with van der Waals surface area (Å²) < 4.78 is 0. The number of aromatic nitrogens is 1. The van der Waals surface area contributed by atoms with Gasteiger partial charge in [0.1, 0.15) is 11.6 Å². The van der Waals surface area contributed by atoms with E-state index >= 15 is 0 Å². The van der Waals surface area contributed by atoms with E-state index in [2.05, 4.69) is 10.3 Å². The molecule has 0 atom stereocenters. The zero-order valence-corrected chi connectivity index (χ0v) is 12.7. The highest BCUT2D eigenvalue weighted by Gasteiger charge is 2.08. The average Bonchev–Trinajstić information content (AvgIpc) is 2.60. The third-order valence-electron chi connectivity index (χ3n) is 3.09. The number of nitrogens with zero attached hydrogens (tertiary/aromatic N) is 2. The van der Waals surface area contributed by atoms with Crippen LogP contribution in [0.2, 0.25) is 0 Å². The van der Waals surface area contributed by atoms with E-state index in [9.17, 15) is 15.0 Å². The largest absolute Gasteiger partial charge is 0.504 e. The molecule has 1 aromatic carbocycles. The molecule has 3 N–H and O–H groups in total. The van der Waals surface area contributed by atoms with Gasteiger partial charge in [0.2, 0.25) is 0 Å². The summed E-state index contributed by atoms with van der Waals surface area (Å²) in [6.45, 7) is 0.123. The molecule has 2 aromatic rings. The molecule has 0 saturated heterocycles. The number of carbonyl (C=O) groups excluding carboxylic acids is 1. The third kappa shape index (κ3) is 4.71. The number of hydrogen-bond acceptors (Lipinski definition) is 5. The van der Waals surface area contributed by atoms with Gasteiger partial charge in [-0.05, 0) is 35.4 Å². The molecule has 0 unspecified atom stereocenters. The van der Waals surface area contributed by atoms with Gasteiger partial charge in [-0.2, -0.15) is 5.26 Å². The van der Waals surface area contributed by atoms with E-state index in [-0.39, 0.29) is 23.6 Å². The number of aromatic hydroxyl groups is 2. The number of phenols is 2. The van der Waals surface area contributed by atoms with Crippen LogP contribution in [0.3, 0.4) is 0 Å². The highest BCUT2D eigenvalue weighted by molar-refractivity contribution is 5.97. The van der Waals surface area contributed by atoms with Crippen LogP contribution in [-0.4, -0.2) is 21.1 Å². The minimum Gasteiger partial charge on any atom is -0.504 e. The first-order chi connectivity index (χ1) is 11.6. The Morgan fingerprint density at radius 3 is 2.79 bits per heavy atom. The summed E-state index contributed by atoms with van der Waals surface area (Å²) in [6, 6.07) is 9.70. The van der Waals surface area contributed by atoms with Gasteiger partial charge in [-0.3, -0.25) is 9.78 Å². The normalized spacial score (nSPS) is 11.2. The molecule has 0 fully saturated rings. The molecule has 120 valence electrons. The van der Waals surface area contributed by atoms with Crippen molar-refractivity contribution in [2.45, 2.75) is 6.54 Å². The van der Waals surface area contributed by atoms with Gasteiger partial charge < -0.3 is 15.5 Å². The molecular formula is C18H15N3O3. The van der Waals surface area contributed by atoms with Gasteiger partial charge in [-0.1, -0.05) is 24.3 Å². The van der Waals surface area contributed by atoms with Crippen molar-refractivity contribution in [3.05, 3.63) is 71.6 Å². The maximum atomic E-state index is 12.0. The maximum absolute atomic E-state index is 12.0. The van der Waals surface area contributed by atoms with Crippen molar-refractivity contribution in [2.75, 3.05) is 0 Å². The Morgan fingerprint density at radius 2 is 2.12 bits per heavy atom. The van der Waals surface area contributed by atoms with Crippen LogP contribution in [-0.2, 0) is 11.3 Å². The van der Waals surface area contributed by atoms with Gasteiger partial charge in [0.05, 0.1) is 0 Å². The van der Waals surface area contributed by atoms with Crippen LogP contribution < -0.4 is 5.32 Å². The summed E-state index contributed by atoms with van der Waals surface area (Å²) in [6.07, 6.45) is 8.06. The summed E-state index contributed by atoms with van der Waals surface area (Å²) in [4.78, 5) is 15.9. The highest BCUT2D eigenvalue weighted by Crippen LogP contribution is 2.24. The van der Waals surface area contributed by atoms with Crippen molar-refractivity contribution < 1.29 is 15.0 Å². The van der Waals surface area contributed by atoms with Crippen molar-refractivity contribution in [3.8, 4) is 17.6 Å². The van der Waals surface area contributed by atoms with Gasteiger partial charge >= 0.3 is 0 Å². The molecule has 6 nitrogen and oxygen atoms in total. The number of nitriles is 1. The summed E-state index contributed by atoms with van der Waals surface area (Å²) in [5, 5.41) is 30.3. The van der Waals surface area contributed by atoms with Crippen LogP contribution in [0.4, 0.5) is 0 Å². The number of amides is 1. The molecular weight excluding hydrogens is 306 g/mol. The molecule has 1 amide bonds. The van der Waals surface area contributed by atoms with Crippen molar-refractivity contribution in [2.24, 2.45) is 0 Å². The quantitative estimate of drug-likeness (QED) is 0.339. The first kappa shape index (κ1) is 16.8. The van der Waals surface area contributed by atoms with E-state index in [1.807, 2.05) is 12.1 Å². The maximum Gasteiger partial charge on any atom is 0.262 e. The lowest BCUT2D eigenvalue weighted by atomic mass is 10.2. The predicted molar refractivity (Wildman–Crippen MR) is 88.6 cm³/mol. The molecule has 0 aliphatic rings. The average molecular weight is 321 g/mol. The minimum absolute atomic E-state index is 0.0434. The molecule has 1 aromatic heterocycles. The van der Waals surface area contributed by atoms with Gasteiger partial charge in [0, 0.05) is 18.9 Å². The molecule has 0 saturated carbocycles. The Morgan fingerprint density at radius 1 is 1.29 bits per heavy atom. The number of nitrogens with one attached hydrogen (secondary N) is 1. The molecule has 6 heteroatoms. The number of pyridine rings is 1. The number of rotatable bonds is 5. The molecule has 2 rings (SSSR count). The molecule has 24 heavy (non-hydrogen) atoms. The fraction of sp³-hybridized carbons (Fsp3) is 0.0556. The van der Waals surface area contributed by atoms with E-state index in [4.69, 9.17) is 5.26 Å². The molecule has 1 heterocycles. The van der Waals surface area contributed by atoms with Crippen LogP contribution in [0.25, 0.3) is 6.08 Å². The number of carbonyl (C=O) groups is 1. The molecule has 0 aliphatic carbocycles. The van der Waals surface area contributed by atoms with E-state index < -0.39 is 5.91 Å². The van der Waals surface area contributed by atoms with Crippen molar-refractivity contribution in [1.82, 2.24) is 10.3 Å². The summed E-state index contributed by atoms with van der Waals surface area (Å²) >= 11 is 0. The van der Waals surface area contributed by atoms with Crippen molar-refractivity contribution in [1.29, 1.82) is 5.26 Å². The lowest BCUT2D eigenvalue weighted by molar-refractivity contribution is -0.117. The van der Waals surface area contributed by atoms with Crippen LogP contribution in [0.15, 0.2) is 60.5 Å². The molecule has 0 radical (unpaired) electrons. The first-order valence-electron chi connectivity index (χ1n) is 7.07. The van der Waals surface area contributed by atoms with Gasteiger partial charge in [0.25, 0.3) is 5.91 Å². The number of benzene rings is 1. The molecule has 0 aliphatic heterocycles. The topological polar surface area (TPSA) is 106 Å². The Hall–Kier alpha value is -3.59.